The number of thioether (sulfide) groups is 1. The zero-order valence-electron chi connectivity index (χ0n) is 13.4. The Labute approximate surface area is 154 Å². The summed E-state index contributed by atoms with van der Waals surface area (Å²) in [7, 11) is 0. The van der Waals surface area contributed by atoms with Crippen molar-refractivity contribution in [2.45, 2.75) is 11.7 Å². The van der Waals surface area contributed by atoms with E-state index in [0.717, 1.165) is 30.0 Å². The van der Waals surface area contributed by atoms with E-state index in [9.17, 15) is 28.1 Å². The lowest BCUT2D eigenvalue weighted by Gasteiger charge is -2.08. The number of rotatable bonds is 6. The lowest BCUT2D eigenvalue weighted by molar-refractivity contribution is -0.384. The molecule has 7 nitrogen and oxygen atoms in total. The van der Waals surface area contributed by atoms with Crippen LogP contribution < -0.4 is 5.32 Å². The number of carbonyl (C=O) groups excluding carboxylic acids is 1. The topological polar surface area (TPSA) is 90.1 Å². The van der Waals surface area contributed by atoms with E-state index in [1.54, 1.807) is 18.2 Å². The second kappa shape index (κ2) is 7.66. The third kappa shape index (κ3) is 4.03. The molecule has 0 unspecified atom stereocenters. The predicted molar refractivity (Wildman–Crippen MR) is 93.4 cm³/mol. The molecule has 1 amide bonds. The van der Waals surface area contributed by atoms with E-state index >= 15 is 0 Å². The summed E-state index contributed by atoms with van der Waals surface area (Å²) in [5, 5.41) is 12.9. The highest BCUT2D eigenvalue weighted by Crippen LogP contribution is 2.29. The lowest BCUT2D eigenvalue weighted by Crippen LogP contribution is -2.16. The van der Waals surface area contributed by atoms with Crippen molar-refractivity contribution in [2.24, 2.45) is 0 Å². The molecule has 0 atom stereocenters. The van der Waals surface area contributed by atoms with Crippen LogP contribution in [0.15, 0.2) is 47.6 Å². The summed E-state index contributed by atoms with van der Waals surface area (Å²) < 4.78 is 41.1. The summed E-state index contributed by atoms with van der Waals surface area (Å²) in [6.45, 7) is -2.85. The largest absolute Gasteiger partial charge is 0.323 e. The van der Waals surface area contributed by atoms with Crippen LogP contribution in [-0.4, -0.2) is 26.1 Å². The van der Waals surface area contributed by atoms with E-state index < -0.39 is 23.2 Å². The van der Waals surface area contributed by atoms with Crippen molar-refractivity contribution in [3.05, 3.63) is 58.4 Å². The third-order valence-corrected chi connectivity index (χ3v) is 4.48. The molecule has 0 bridgehead atoms. The Kier molecular flexibility index (Phi) is 5.31. The molecule has 27 heavy (non-hydrogen) atoms. The number of nitro benzene ring substituents is 1. The first-order valence-corrected chi connectivity index (χ1v) is 8.47. The second-order valence-electron chi connectivity index (χ2n) is 5.29. The van der Waals surface area contributed by atoms with Gasteiger partial charge in [-0.3, -0.25) is 19.5 Å². The van der Waals surface area contributed by atoms with Crippen LogP contribution in [0.4, 0.5) is 24.5 Å². The van der Waals surface area contributed by atoms with E-state index in [4.69, 9.17) is 0 Å². The molecule has 0 aliphatic carbocycles. The maximum Gasteiger partial charge on any atom is 0.321 e. The number of hydrogen-bond donors (Lipinski definition) is 1. The number of benzene rings is 2. The van der Waals surface area contributed by atoms with Crippen LogP contribution in [0.3, 0.4) is 0 Å². The molecule has 0 radical (unpaired) electrons. The zero-order valence-corrected chi connectivity index (χ0v) is 14.3. The number of anilines is 1. The van der Waals surface area contributed by atoms with Crippen molar-refractivity contribution in [3.63, 3.8) is 0 Å². The lowest BCUT2D eigenvalue weighted by atomic mass is 10.2. The molecule has 1 N–H and O–H groups in total. The first-order chi connectivity index (χ1) is 12.9. The van der Waals surface area contributed by atoms with E-state index in [0.29, 0.717) is 10.1 Å². The average molecular weight is 396 g/mol. The third-order valence-electron chi connectivity index (χ3n) is 3.53. The van der Waals surface area contributed by atoms with E-state index in [2.05, 4.69) is 10.3 Å². The number of non-ortho nitro benzene ring substituents is 1. The van der Waals surface area contributed by atoms with Gasteiger partial charge in [-0.15, -0.1) is 0 Å². The smallest absolute Gasteiger partial charge is 0.321 e. The highest BCUT2D eigenvalue weighted by atomic mass is 32.2. The van der Waals surface area contributed by atoms with Gasteiger partial charge in [0.2, 0.25) is 5.91 Å². The minimum absolute atomic E-state index is 0.0686. The summed E-state index contributed by atoms with van der Waals surface area (Å²) in [6, 6.07) is 8.99. The van der Waals surface area contributed by atoms with Crippen molar-refractivity contribution in [3.8, 4) is 0 Å². The van der Waals surface area contributed by atoms with Crippen molar-refractivity contribution < 1.29 is 22.9 Å². The second-order valence-corrected chi connectivity index (χ2v) is 6.23. The van der Waals surface area contributed by atoms with E-state index in [-0.39, 0.29) is 27.8 Å². The van der Waals surface area contributed by atoms with Crippen molar-refractivity contribution in [1.82, 2.24) is 9.55 Å². The summed E-state index contributed by atoms with van der Waals surface area (Å²) in [6.07, 6.45) is 0. The molecule has 1 heterocycles. The number of nitrogens with one attached hydrogen (secondary N) is 1. The number of imidazole rings is 1. The number of para-hydroxylation sites is 2. The first kappa shape index (κ1) is 18.7. The fourth-order valence-electron chi connectivity index (χ4n) is 2.35. The molecular formula is C16H11F3N4O3S. The maximum absolute atomic E-state index is 13.7. The number of nitro groups is 1. The molecule has 0 saturated heterocycles. The van der Waals surface area contributed by atoms with Crippen molar-refractivity contribution >= 4 is 40.1 Å². The molecule has 1 aromatic heterocycles. The average Bonchev–Trinajstić information content (AvgIpc) is 3.00. The normalized spacial score (nSPS) is 11.1. The van der Waals surface area contributed by atoms with Gasteiger partial charge in [-0.1, -0.05) is 23.9 Å². The van der Waals surface area contributed by atoms with Crippen LogP contribution in [0.5, 0.6) is 0 Å². The van der Waals surface area contributed by atoms with Crippen LogP contribution in [0.2, 0.25) is 0 Å². The Hall–Kier alpha value is -3.08. The van der Waals surface area contributed by atoms with Gasteiger partial charge < -0.3 is 5.32 Å². The SMILES string of the molecule is O=C(CSc1nc2ccccc2n1C(F)F)Nc1cc([N+](=O)[O-])ccc1F. The van der Waals surface area contributed by atoms with E-state index in [1.807, 2.05) is 0 Å². The summed E-state index contributed by atoms with van der Waals surface area (Å²) >= 11 is 0.748. The molecule has 0 saturated carbocycles. The number of fused-ring (bicyclic) bond motifs is 1. The number of halogens is 3. The van der Waals surface area contributed by atoms with Crippen molar-refractivity contribution in [1.29, 1.82) is 0 Å². The number of hydrogen-bond acceptors (Lipinski definition) is 5. The highest BCUT2D eigenvalue weighted by Gasteiger charge is 2.19. The molecule has 11 heteroatoms. The Bertz CT molecular complexity index is 1030. The fourth-order valence-corrected chi connectivity index (χ4v) is 3.16. The van der Waals surface area contributed by atoms with Gasteiger partial charge in [0.05, 0.1) is 27.4 Å². The van der Waals surface area contributed by atoms with Gasteiger partial charge in [-0.25, -0.2) is 9.37 Å². The van der Waals surface area contributed by atoms with Crippen LogP contribution in [-0.2, 0) is 4.79 Å². The number of carbonyl (C=O) groups is 1. The Morgan fingerprint density at radius 1 is 1.30 bits per heavy atom. The minimum Gasteiger partial charge on any atom is -0.323 e. The summed E-state index contributed by atoms with van der Waals surface area (Å²) in [4.78, 5) is 26.1. The van der Waals surface area contributed by atoms with Crippen LogP contribution >= 0.6 is 11.8 Å². The molecular weight excluding hydrogens is 385 g/mol. The Balaban J connectivity index is 1.75. The monoisotopic (exact) mass is 396 g/mol. The van der Waals surface area contributed by atoms with Gasteiger partial charge in [-0.05, 0) is 18.2 Å². The maximum atomic E-state index is 13.7. The number of aromatic nitrogens is 2. The van der Waals surface area contributed by atoms with Crippen LogP contribution in [0.1, 0.15) is 6.55 Å². The van der Waals surface area contributed by atoms with Gasteiger partial charge in [-0.2, -0.15) is 8.78 Å². The molecule has 3 aromatic rings. The molecule has 0 fully saturated rings. The quantitative estimate of drug-likeness (QED) is 0.383. The minimum atomic E-state index is -2.85. The molecule has 0 aliphatic rings. The van der Waals surface area contributed by atoms with E-state index in [1.165, 1.54) is 6.07 Å². The Morgan fingerprint density at radius 2 is 2.04 bits per heavy atom. The molecule has 0 aliphatic heterocycles. The molecule has 2 aromatic carbocycles. The number of amides is 1. The standard InChI is InChI=1S/C16H11F3N4O3S/c17-10-6-5-9(23(25)26)7-12(10)20-14(24)8-27-16-21-11-3-1-2-4-13(11)22(16)15(18)19/h1-7,15H,8H2,(H,20,24). The molecule has 3 rings (SSSR count). The van der Waals surface area contributed by atoms with Gasteiger partial charge >= 0.3 is 6.55 Å². The van der Waals surface area contributed by atoms with Gasteiger partial charge in [0.1, 0.15) is 5.82 Å². The fraction of sp³-hybridized carbons (Fsp3) is 0.125. The van der Waals surface area contributed by atoms with Crippen LogP contribution in [0.25, 0.3) is 11.0 Å². The van der Waals surface area contributed by atoms with Gasteiger partial charge in [0.25, 0.3) is 5.69 Å². The Morgan fingerprint density at radius 3 is 2.74 bits per heavy atom. The number of nitrogens with zero attached hydrogens (tertiary/aromatic N) is 3. The highest BCUT2D eigenvalue weighted by molar-refractivity contribution is 7.99. The predicted octanol–water partition coefficient (Wildman–Crippen LogP) is 4.21. The first-order valence-electron chi connectivity index (χ1n) is 7.48. The molecule has 0 spiro atoms. The summed E-state index contributed by atoms with van der Waals surface area (Å²) in [5.74, 6) is -1.90. The summed E-state index contributed by atoms with van der Waals surface area (Å²) in [5.41, 5.74) is -0.179. The van der Waals surface area contributed by atoms with Crippen LogP contribution in [0, 0.1) is 15.9 Å². The van der Waals surface area contributed by atoms with Crippen molar-refractivity contribution in [2.75, 3.05) is 11.1 Å². The van der Waals surface area contributed by atoms with Gasteiger partial charge in [0, 0.05) is 12.1 Å². The molecule has 140 valence electrons. The van der Waals surface area contributed by atoms with Gasteiger partial charge in [0.15, 0.2) is 5.16 Å². The zero-order chi connectivity index (χ0) is 19.6. The number of alkyl halides is 2.